The molecule has 0 spiro atoms. The van der Waals surface area contributed by atoms with Crippen molar-refractivity contribution in [2.45, 2.75) is 12.8 Å². The molecule has 3 heterocycles. The molecule has 0 aliphatic carbocycles. The Hall–Kier alpha value is -2.74. The van der Waals surface area contributed by atoms with Gasteiger partial charge in [-0.05, 0) is 42.5 Å². The second-order valence-electron chi connectivity index (χ2n) is 6.52. The van der Waals surface area contributed by atoms with Crippen molar-refractivity contribution in [1.29, 1.82) is 0 Å². The number of thiophene rings is 1. The maximum atomic E-state index is 12.6. The Kier molecular flexibility index (Phi) is 5.15. The van der Waals surface area contributed by atoms with Gasteiger partial charge in [0.15, 0.2) is 11.5 Å². The molecule has 8 heteroatoms. The number of rotatable bonds is 3. The van der Waals surface area contributed by atoms with Gasteiger partial charge in [-0.1, -0.05) is 0 Å². The minimum absolute atomic E-state index is 0.0232. The molecule has 1 fully saturated rings. The lowest BCUT2D eigenvalue weighted by Crippen LogP contribution is -2.43. The van der Waals surface area contributed by atoms with E-state index >= 15 is 0 Å². The lowest BCUT2D eigenvalue weighted by molar-refractivity contribution is -0.121. The molecular weight excluding hydrogens is 366 g/mol. The number of urea groups is 1. The van der Waals surface area contributed by atoms with E-state index in [2.05, 4.69) is 10.6 Å². The summed E-state index contributed by atoms with van der Waals surface area (Å²) in [7, 11) is 0. The summed E-state index contributed by atoms with van der Waals surface area (Å²) < 4.78 is 11.0. The lowest BCUT2D eigenvalue weighted by atomic mass is 9.96. The van der Waals surface area contributed by atoms with Gasteiger partial charge in [-0.25, -0.2) is 4.79 Å². The van der Waals surface area contributed by atoms with Crippen molar-refractivity contribution >= 4 is 34.0 Å². The van der Waals surface area contributed by atoms with Crippen LogP contribution in [0.2, 0.25) is 0 Å². The molecule has 0 radical (unpaired) electrons. The van der Waals surface area contributed by atoms with Crippen molar-refractivity contribution in [2.75, 3.05) is 36.9 Å². The molecule has 27 heavy (non-hydrogen) atoms. The van der Waals surface area contributed by atoms with Crippen LogP contribution >= 0.6 is 11.3 Å². The van der Waals surface area contributed by atoms with E-state index in [1.807, 2.05) is 29.6 Å². The molecule has 142 valence electrons. The van der Waals surface area contributed by atoms with Crippen molar-refractivity contribution in [3.05, 3.63) is 35.7 Å². The van der Waals surface area contributed by atoms with Crippen LogP contribution in [0, 0.1) is 5.92 Å². The van der Waals surface area contributed by atoms with E-state index in [0.717, 1.165) is 5.00 Å². The number of carbonyl (C=O) groups is 2. The number of fused-ring (bicyclic) bond motifs is 1. The van der Waals surface area contributed by atoms with Gasteiger partial charge in [-0.3, -0.25) is 10.1 Å². The summed E-state index contributed by atoms with van der Waals surface area (Å²) in [6, 6.07) is 9.07. The molecule has 1 aromatic carbocycles. The van der Waals surface area contributed by atoms with Gasteiger partial charge in [0.25, 0.3) is 0 Å². The van der Waals surface area contributed by atoms with Crippen molar-refractivity contribution < 1.29 is 19.1 Å². The molecule has 1 aromatic heterocycles. The SMILES string of the molecule is O=C(Nc1ccc2c(c1)OCCO2)C1CCN(C(=O)Nc2cccs2)CC1. The van der Waals surface area contributed by atoms with Gasteiger partial charge in [0, 0.05) is 30.8 Å². The fourth-order valence-electron chi connectivity index (χ4n) is 3.24. The predicted octanol–water partition coefficient (Wildman–Crippen LogP) is 3.40. The number of nitrogens with one attached hydrogen (secondary N) is 2. The van der Waals surface area contributed by atoms with Crippen molar-refractivity contribution in [3.8, 4) is 11.5 Å². The minimum atomic E-state index is -0.108. The third-order valence-corrected chi connectivity index (χ3v) is 5.50. The lowest BCUT2D eigenvalue weighted by Gasteiger charge is -2.31. The molecule has 0 bridgehead atoms. The van der Waals surface area contributed by atoms with Crippen LogP contribution < -0.4 is 20.1 Å². The first-order valence-electron chi connectivity index (χ1n) is 8.99. The number of hydrogen-bond donors (Lipinski definition) is 2. The number of nitrogens with zero attached hydrogens (tertiary/aromatic N) is 1. The Labute approximate surface area is 161 Å². The molecule has 0 atom stereocenters. The second-order valence-corrected chi connectivity index (χ2v) is 7.46. The van der Waals surface area contributed by atoms with Crippen LogP contribution in [0.15, 0.2) is 35.7 Å². The Morgan fingerprint density at radius 1 is 1.04 bits per heavy atom. The van der Waals surface area contributed by atoms with Crippen LogP contribution in [0.5, 0.6) is 11.5 Å². The zero-order valence-corrected chi connectivity index (χ0v) is 15.6. The zero-order valence-electron chi connectivity index (χ0n) is 14.8. The van der Waals surface area contributed by atoms with Crippen LogP contribution in [0.1, 0.15) is 12.8 Å². The van der Waals surface area contributed by atoms with Crippen molar-refractivity contribution in [1.82, 2.24) is 4.90 Å². The predicted molar refractivity (Wildman–Crippen MR) is 104 cm³/mol. The normalized spacial score (nSPS) is 16.7. The molecule has 0 unspecified atom stereocenters. The number of hydrogen-bond acceptors (Lipinski definition) is 5. The molecule has 2 aliphatic rings. The average Bonchev–Trinajstić information content (AvgIpc) is 3.21. The van der Waals surface area contributed by atoms with Crippen molar-refractivity contribution in [2.24, 2.45) is 5.92 Å². The number of carbonyl (C=O) groups excluding carboxylic acids is 2. The van der Waals surface area contributed by atoms with E-state index in [1.165, 1.54) is 11.3 Å². The quantitative estimate of drug-likeness (QED) is 0.846. The molecule has 7 nitrogen and oxygen atoms in total. The van der Waals surface area contributed by atoms with Crippen LogP contribution in [-0.4, -0.2) is 43.1 Å². The third kappa shape index (κ3) is 4.16. The average molecular weight is 387 g/mol. The highest BCUT2D eigenvalue weighted by Gasteiger charge is 2.27. The second kappa shape index (κ2) is 7.87. The largest absolute Gasteiger partial charge is 0.486 e. The first-order valence-corrected chi connectivity index (χ1v) is 9.87. The highest BCUT2D eigenvalue weighted by Crippen LogP contribution is 2.33. The van der Waals surface area contributed by atoms with E-state index < -0.39 is 0 Å². The van der Waals surface area contributed by atoms with Gasteiger partial charge in [-0.2, -0.15) is 0 Å². The molecule has 4 rings (SSSR count). The van der Waals surface area contributed by atoms with E-state index in [-0.39, 0.29) is 17.9 Å². The van der Waals surface area contributed by atoms with Crippen LogP contribution in [-0.2, 0) is 4.79 Å². The molecule has 2 aromatic rings. The Morgan fingerprint density at radius 3 is 2.56 bits per heavy atom. The fraction of sp³-hybridized carbons (Fsp3) is 0.368. The minimum Gasteiger partial charge on any atom is -0.486 e. The molecule has 0 saturated carbocycles. The summed E-state index contributed by atoms with van der Waals surface area (Å²) in [4.78, 5) is 26.6. The number of piperidine rings is 1. The highest BCUT2D eigenvalue weighted by atomic mass is 32.1. The van der Waals surface area contributed by atoms with Gasteiger partial charge >= 0.3 is 6.03 Å². The zero-order chi connectivity index (χ0) is 18.6. The summed E-state index contributed by atoms with van der Waals surface area (Å²) in [5.74, 6) is 1.22. The van der Waals surface area contributed by atoms with E-state index in [1.54, 1.807) is 11.0 Å². The summed E-state index contributed by atoms with van der Waals surface area (Å²) in [6.45, 7) is 2.18. The topological polar surface area (TPSA) is 79.9 Å². The molecule has 1 saturated heterocycles. The Bertz CT molecular complexity index is 816. The summed E-state index contributed by atoms with van der Waals surface area (Å²) >= 11 is 1.49. The van der Waals surface area contributed by atoms with E-state index in [0.29, 0.717) is 56.3 Å². The maximum absolute atomic E-state index is 12.6. The molecule has 2 aliphatic heterocycles. The summed E-state index contributed by atoms with van der Waals surface area (Å²) in [5, 5.41) is 8.59. The summed E-state index contributed by atoms with van der Waals surface area (Å²) in [6.07, 6.45) is 1.29. The Morgan fingerprint density at radius 2 is 1.81 bits per heavy atom. The number of anilines is 2. The first kappa shape index (κ1) is 17.7. The van der Waals surface area contributed by atoms with Crippen LogP contribution in [0.3, 0.4) is 0 Å². The summed E-state index contributed by atoms with van der Waals surface area (Å²) in [5.41, 5.74) is 0.696. The number of benzene rings is 1. The van der Waals surface area contributed by atoms with E-state index in [9.17, 15) is 9.59 Å². The number of ether oxygens (including phenoxy) is 2. The molecular formula is C19H21N3O4S. The standard InChI is InChI=1S/C19H21N3O4S/c23-18(20-14-3-4-15-16(12-14)26-10-9-25-15)13-5-7-22(8-6-13)19(24)21-17-2-1-11-27-17/h1-4,11-13H,5-10H2,(H,20,23)(H,21,24). The fourth-order valence-corrected chi connectivity index (χ4v) is 3.85. The van der Waals surface area contributed by atoms with Crippen LogP contribution in [0.4, 0.5) is 15.5 Å². The Balaban J connectivity index is 1.29. The monoisotopic (exact) mass is 387 g/mol. The molecule has 2 N–H and O–H groups in total. The first-order chi connectivity index (χ1) is 13.2. The van der Waals surface area contributed by atoms with Gasteiger partial charge < -0.3 is 19.7 Å². The van der Waals surface area contributed by atoms with Gasteiger partial charge in [0.2, 0.25) is 5.91 Å². The maximum Gasteiger partial charge on any atom is 0.322 e. The number of likely N-dealkylation sites (tertiary alicyclic amines) is 1. The van der Waals surface area contributed by atoms with E-state index in [4.69, 9.17) is 9.47 Å². The molecule has 3 amide bonds. The highest BCUT2D eigenvalue weighted by molar-refractivity contribution is 7.14. The van der Waals surface area contributed by atoms with Gasteiger partial charge in [-0.15, -0.1) is 11.3 Å². The van der Waals surface area contributed by atoms with Gasteiger partial charge in [0.05, 0.1) is 5.00 Å². The smallest absolute Gasteiger partial charge is 0.322 e. The van der Waals surface area contributed by atoms with Crippen molar-refractivity contribution in [3.63, 3.8) is 0 Å². The third-order valence-electron chi connectivity index (χ3n) is 4.71. The number of amides is 3. The van der Waals surface area contributed by atoms with Gasteiger partial charge in [0.1, 0.15) is 13.2 Å². The van der Waals surface area contributed by atoms with Crippen LogP contribution in [0.25, 0.3) is 0 Å².